The molecule has 0 bridgehead atoms. The van der Waals surface area contributed by atoms with Gasteiger partial charge in [-0.2, -0.15) is 0 Å². The van der Waals surface area contributed by atoms with Gasteiger partial charge >= 0.3 is 0 Å². The quantitative estimate of drug-likeness (QED) is 0.806. The molecule has 3 aromatic rings. The standard InChI is InChI=1S/C18H18N4O/c1-12-9-10-16(11-13(12)2)22-14(3)17(20-21-22)18(23)19-15-7-5-4-6-8-15/h4-11H,1-3H3,(H,19,23). The SMILES string of the molecule is Cc1ccc(-n2nnc(C(=O)Nc3ccccc3)c2C)cc1C. The third-order valence-corrected chi connectivity index (χ3v) is 3.88. The summed E-state index contributed by atoms with van der Waals surface area (Å²) in [7, 11) is 0. The van der Waals surface area contributed by atoms with Gasteiger partial charge in [-0.15, -0.1) is 5.10 Å². The number of nitrogens with zero attached hydrogens (tertiary/aromatic N) is 3. The van der Waals surface area contributed by atoms with E-state index in [2.05, 4.69) is 22.6 Å². The number of amides is 1. The largest absolute Gasteiger partial charge is 0.321 e. The molecule has 2 aromatic carbocycles. The first-order valence-electron chi connectivity index (χ1n) is 7.42. The predicted octanol–water partition coefficient (Wildman–Crippen LogP) is 3.44. The van der Waals surface area contributed by atoms with Gasteiger partial charge in [-0.3, -0.25) is 4.79 Å². The van der Waals surface area contributed by atoms with Crippen LogP contribution in [0, 0.1) is 20.8 Å². The molecule has 0 radical (unpaired) electrons. The zero-order valence-corrected chi connectivity index (χ0v) is 13.4. The van der Waals surface area contributed by atoms with E-state index in [1.54, 1.807) is 4.68 Å². The van der Waals surface area contributed by atoms with Gasteiger partial charge in [-0.05, 0) is 56.2 Å². The van der Waals surface area contributed by atoms with Crippen LogP contribution in [0.4, 0.5) is 5.69 Å². The van der Waals surface area contributed by atoms with Crippen molar-refractivity contribution in [1.29, 1.82) is 0 Å². The Morgan fingerprint density at radius 1 is 1.00 bits per heavy atom. The summed E-state index contributed by atoms with van der Waals surface area (Å²) in [6.07, 6.45) is 0. The average Bonchev–Trinajstić information content (AvgIpc) is 2.93. The van der Waals surface area contributed by atoms with Gasteiger partial charge in [0.15, 0.2) is 5.69 Å². The van der Waals surface area contributed by atoms with Crippen molar-refractivity contribution in [3.63, 3.8) is 0 Å². The summed E-state index contributed by atoms with van der Waals surface area (Å²) in [5.41, 5.74) is 5.06. The second-order valence-corrected chi connectivity index (χ2v) is 5.52. The van der Waals surface area contributed by atoms with Crippen molar-refractivity contribution in [2.75, 3.05) is 5.32 Å². The van der Waals surface area contributed by atoms with Crippen LogP contribution in [0.1, 0.15) is 27.3 Å². The van der Waals surface area contributed by atoms with Gasteiger partial charge in [0, 0.05) is 5.69 Å². The zero-order valence-electron chi connectivity index (χ0n) is 13.4. The number of hydrogen-bond acceptors (Lipinski definition) is 3. The van der Waals surface area contributed by atoms with E-state index in [0.29, 0.717) is 11.4 Å². The minimum atomic E-state index is -0.260. The summed E-state index contributed by atoms with van der Waals surface area (Å²) in [4.78, 5) is 12.4. The van der Waals surface area contributed by atoms with Crippen molar-refractivity contribution in [3.8, 4) is 5.69 Å². The number of rotatable bonds is 3. The molecule has 0 unspecified atom stereocenters. The molecule has 1 amide bonds. The van der Waals surface area contributed by atoms with E-state index in [9.17, 15) is 4.79 Å². The fourth-order valence-corrected chi connectivity index (χ4v) is 2.35. The Morgan fingerprint density at radius 3 is 2.43 bits per heavy atom. The first-order chi connectivity index (χ1) is 11.1. The predicted molar refractivity (Wildman–Crippen MR) is 90.0 cm³/mol. The Hall–Kier alpha value is -2.95. The Kier molecular flexibility index (Phi) is 3.93. The van der Waals surface area contributed by atoms with E-state index in [1.165, 1.54) is 11.1 Å². The lowest BCUT2D eigenvalue weighted by atomic mass is 10.1. The summed E-state index contributed by atoms with van der Waals surface area (Å²) in [6.45, 7) is 5.95. The maximum Gasteiger partial charge on any atom is 0.278 e. The lowest BCUT2D eigenvalue weighted by Crippen LogP contribution is -2.14. The van der Waals surface area contributed by atoms with Crippen LogP contribution < -0.4 is 5.32 Å². The highest BCUT2D eigenvalue weighted by molar-refractivity contribution is 6.03. The van der Waals surface area contributed by atoms with Crippen LogP contribution in [0.2, 0.25) is 0 Å². The lowest BCUT2D eigenvalue weighted by molar-refractivity contribution is 0.102. The Labute approximate surface area is 135 Å². The number of carbonyl (C=O) groups excluding carboxylic acids is 1. The molecule has 0 fully saturated rings. The summed E-state index contributed by atoms with van der Waals surface area (Å²) in [5, 5.41) is 11.0. The van der Waals surface area contributed by atoms with Crippen LogP contribution in [-0.2, 0) is 0 Å². The Morgan fingerprint density at radius 2 is 1.74 bits per heavy atom. The normalized spacial score (nSPS) is 10.6. The minimum Gasteiger partial charge on any atom is -0.321 e. The van der Waals surface area contributed by atoms with E-state index in [-0.39, 0.29) is 5.91 Å². The topological polar surface area (TPSA) is 59.8 Å². The number of hydrogen-bond donors (Lipinski definition) is 1. The maximum atomic E-state index is 12.4. The second kappa shape index (κ2) is 6.04. The molecular weight excluding hydrogens is 288 g/mol. The third-order valence-electron chi connectivity index (χ3n) is 3.88. The minimum absolute atomic E-state index is 0.260. The van der Waals surface area contributed by atoms with Crippen molar-refractivity contribution in [2.24, 2.45) is 0 Å². The van der Waals surface area contributed by atoms with Crippen LogP contribution in [0.5, 0.6) is 0 Å². The summed E-state index contributed by atoms with van der Waals surface area (Å²) in [5.74, 6) is -0.260. The van der Waals surface area contributed by atoms with E-state index in [1.807, 2.05) is 62.4 Å². The number of para-hydroxylation sites is 1. The maximum absolute atomic E-state index is 12.4. The van der Waals surface area contributed by atoms with Gasteiger partial charge in [0.25, 0.3) is 5.91 Å². The molecule has 0 saturated carbocycles. The van der Waals surface area contributed by atoms with Crippen LogP contribution in [0.3, 0.4) is 0 Å². The number of aryl methyl sites for hydroxylation is 2. The van der Waals surface area contributed by atoms with E-state index >= 15 is 0 Å². The van der Waals surface area contributed by atoms with Crippen LogP contribution in [0.15, 0.2) is 48.5 Å². The van der Waals surface area contributed by atoms with Gasteiger partial charge in [0.05, 0.1) is 11.4 Å². The van der Waals surface area contributed by atoms with Crippen molar-refractivity contribution in [1.82, 2.24) is 15.0 Å². The first-order valence-corrected chi connectivity index (χ1v) is 7.42. The Balaban J connectivity index is 1.89. The smallest absolute Gasteiger partial charge is 0.278 e. The molecule has 1 aromatic heterocycles. The van der Waals surface area contributed by atoms with E-state index < -0.39 is 0 Å². The first kappa shape index (κ1) is 15.0. The lowest BCUT2D eigenvalue weighted by Gasteiger charge is -2.07. The average molecular weight is 306 g/mol. The van der Waals surface area contributed by atoms with E-state index in [0.717, 1.165) is 11.4 Å². The van der Waals surface area contributed by atoms with Gasteiger partial charge < -0.3 is 5.32 Å². The van der Waals surface area contributed by atoms with Crippen LogP contribution >= 0.6 is 0 Å². The number of nitrogens with one attached hydrogen (secondary N) is 1. The van der Waals surface area contributed by atoms with Crippen LogP contribution in [-0.4, -0.2) is 20.9 Å². The van der Waals surface area contributed by atoms with Gasteiger partial charge in [-0.1, -0.05) is 29.5 Å². The molecule has 116 valence electrons. The summed E-state index contributed by atoms with van der Waals surface area (Å²) < 4.78 is 1.69. The molecule has 3 rings (SSSR count). The molecule has 5 heteroatoms. The highest BCUT2D eigenvalue weighted by Crippen LogP contribution is 2.17. The summed E-state index contributed by atoms with van der Waals surface area (Å²) in [6, 6.07) is 15.4. The highest BCUT2D eigenvalue weighted by Gasteiger charge is 2.17. The summed E-state index contributed by atoms with van der Waals surface area (Å²) >= 11 is 0. The number of carbonyl (C=O) groups is 1. The third kappa shape index (κ3) is 2.99. The fraction of sp³-hybridized carbons (Fsp3) is 0.167. The molecule has 0 aliphatic carbocycles. The Bertz CT molecular complexity index is 853. The van der Waals surface area contributed by atoms with Gasteiger partial charge in [0.2, 0.25) is 0 Å². The molecular formula is C18H18N4O. The molecule has 5 nitrogen and oxygen atoms in total. The number of benzene rings is 2. The molecule has 0 aliphatic heterocycles. The van der Waals surface area contributed by atoms with Crippen molar-refractivity contribution in [2.45, 2.75) is 20.8 Å². The molecule has 0 aliphatic rings. The zero-order chi connectivity index (χ0) is 16.4. The number of anilines is 1. The molecule has 0 saturated heterocycles. The van der Waals surface area contributed by atoms with Crippen molar-refractivity contribution in [3.05, 3.63) is 71.0 Å². The highest BCUT2D eigenvalue weighted by atomic mass is 16.2. The molecule has 1 N–H and O–H groups in total. The second-order valence-electron chi connectivity index (χ2n) is 5.52. The molecule has 1 heterocycles. The monoisotopic (exact) mass is 306 g/mol. The van der Waals surface area contributed by atoms with Gasteiger partial charge in [0.1, 0.15) is 0 Å². The van der Waals surface area contributed by atoms with Gasteiger partial charge in [-0.25, -0.2) is 4.68 Å². The molecule has 23 heavy (non-hydrogen) atoms. The van der Waals surface area contributed by atoms with Crippen molar-refractivity contribution < 1.29 is 4.79 Å². The molecule has 0 spiro atoms. The number of aromatic nitrogens is 3. The van der Waals surface area contributed by atoms with Crippen molar-refractivity contribution >= 4 is 11.6 Å². The fourth-order valence-electron chi connectivity index (χ4n) is 2.35. The van der Waals surface area contributed by atoms with Crippen LogP contribution in [0.25, 0.3) is 5.69 Å². The molecule has 0 atom stereocenters. The van der Waals surface area contributed by atoms with E-state index in [4.69, 9.17) is 0 Å².